The molecule has 3 aromatic rings. The van der Waals surface area contributed by atoms with Gasteiger partial charge in [-0.2, -0.15) is 4.57 Å². The maximum absolute atomic E-state index is 2.39. The molecule has 0 unspecified atom stereocenters. The van der Waals surface area contributed by atoms with E-state index >= 15 is 0 Å². The lowest BCUT2D eigenvalue weighted by molar-refractivity contribution is -0.633. The molecule has 1 heterocycles. The molecule has 1 heteroatoms. The van der Waals surface area contributed by atoms with Crippen LogP contribution in [0.1, 0.15) is 35.4 Å². The Kier molecular flexibility index (Phi) is 2.70. The molecule has 1 saturated carbocycles. The fourth-order valence-corrected chi connectivity index (χ4v) is 4.78. The number of benzene rings is 2. The molecule has 0 saturated heterocycles. The molecule has 0 radical (unpaired) electrons. The van der Waals surface area contributed by atoms with E-state index in [4.69, 9.17) is 0 Å². The SMILES string of the molecule is Cc1ccccc1-c1ccc2c3c(ccc2[n+]1C)CC1CC3C1. The molecule has 23 heavy (non-hydrogen) atoms. The van der Waals surface area contributed by atoms with Crippen LogP contribution >= 0.6 is 0 Å². The molecule has 114 valence electrons. The van der Waals surface area contributed by atoms with Gasteiger partial charge in [-0.3, -0.25) is 0 Å². The number of aryl methyl sites for hydroxylation is 2. The number of hydrogen-bond acceptors (Lipinski definition) is 0. The van der Waals surface area contributed by atoms with Gasteiger partial charge in [0, 0.05) is 17.7 Å². The van der Waals surface area contributed by atoms with Gasteiger partial charge in [0.2, 0.25) is 11.2 Å². The molecule has 0 spiro atoms. The van der Waals surface area contributed by atoms with Crippen LogP contribution in [0.2, 0.25) is 0 Å². The van der Waals surface area contributed by atoms with E-state index in [1.165, 1.54) is 47.0 Å². The Hall–Kier alpha value is -2.15. The molecule has 2 aromatic carbocycles. The highest BCUT2D eigenvalue weighted by molar-refractivity contribution is 5.84. The van der Waals surface area contributed by atoms with E-state index in [1.807, 2.05) is 0 Å². The molecule has 0 N–H and O–H groups in total. The Morgan fingerprint density at radius 2 is 1.78 bits per heavy atom. The van der Waals surface area contributed by atoms with Crippen molar-refractivity contribution in [3.8, 4) is 11.3 Å². The average molecular weight is 300 g/mol. The predicted molar refractivity (Wildman–Crippen MR) is 94.5 cm³/mol. The Morgan fingerprint density at radius 3 is 2.61 bits per heavy atom. The number of rotatable bonds is 1. The number of fused-ring (bicyclic) bond motifs is 1. The molecule has 6 rings (SSSR count). The first-order valence-corrected chi connectivity index (χ1v) is 8.73. The second-order valence-electron chi connectivity index (χ2n) is 7.40. The fraction of sp³-hybridized carbons (Fsp3) is 0.318. The van der Waals surface area contributed by atoms with E-state index < -0.39 is 0 Å². The van der Waals surface area contributed by atoms with Crippen molar-refractivity contribution in [2.45, 2.75) is 32.1 Å². The van der Waals surface area contributed by atoms with Gasteiger partial charge < -0.3 is 0 Å². The van der Waals surface area contributed by atoms with E-state index in [0.717, 1.165) is 11.8 Å². The van der Waals surface area contributed by atoms with Gasteiger partial charge in [0.15, 0.2) is 0 Å². The highest BCUT2D eigenvalue weighted by Gasteiger charge is 2.38. The first kappa shape index (κ1) is 13.3. The van der Waals surface area contributed by atoms with E-state index in [1.54, 1.807) is 11.1 Å². The third-order valence-electron chi connectivity index (χ3n) is 6.06. The summed E-state index contributed by atoms with van der Waals surface area (Å²) in [6, 6.07) is 18.1. The summed E-state index contributed by atoms with van der Waals surface area (Å²) >= 11 is 0. The van der Waals surface area contributed by atoms with Crippen molar-refractivity contribution in [3.05, 3.63) is 65.2 Å². The molecular weight excluding hydrogens is 278 g/mol. The minimum atomic E-state index is 0.816. The van der Waals surface area contributed by atoms with E-state index in [-0.39, 0.29) is 0 Å². The van der Waals surface area contributed by atoms with Crippen molar-refractivity contribution in [1.82, 2.24) is 0 Å². The quantitative estimate of drug-likeness (QED) is 0.574. The number of nitrogens with zero attached hydrogens (tertiary/aromatic N) is 1. The summed E-state index contributed by atoms with van der Waals surface area (Å²) in [7, 11) is 2.21. The van der Waals surface area contributed by atoms with Crippen molar-refractivity contribution in [3.63, 3.8) is 0 Å². The molecule has 1 fully saturated rings. The van der Waals surface area contributed by atoms with E-state index in [0.29, 0.717) is 0 Å². The summed E-state index contributed by atoms with van der Waals surface area (Å²) in [5.41, 5.74) is 8.60. The van der Waals surface area contributed by atoms with Crippen molar-refractivity contribution >= 4 is 10.9 Å². The summed E-state index contributed by atoms with van der Waals surface area (Å²) < 4.78 is 2.38. The van der Waals surface area contributed by atoms with Crippen LogP contribution in [0.25, 0.3) is 22.2 Å². The van der Waals surface area contributed by atoms with Gasteiger partial charge >= 0.3 is 0 Å². The standard InChI is InChI=1S/C22H22N/c1-14-5-3-4-6-18(14)20-10-8-19-21(23(20)2)9-7-16-11-15-12-17(13-15)22(16)19/h3-10,15,17H,11-13H2,1-2H3/q+1. The summed E-state index contributed by atoms with van der Waals surface area (Å²) in [4.78, 5) is 0. The van der Waals surface area contributed by atoms with Gasteiger partial charge in [-0.1, -0.05) is 24.3 Å². The molecule has 0 amide bonds. The normalized spacial score (nSPS) is 21.8. The van der Waals surface area contributed by atoms with Crippen LogP contribution in [0.4, 0.5) is 0 Å². The first-order chi connectivity index (χ1) is 11.2. The Labute approximate surface area is 137 Å². The molecular formula is C22H22N+. The van der Waals surface area contributed by atoms with Crippen molar-refractivity contribution < 1.29 is 4.57 Å². The smallest absolute Gasteiger partial charge is 0.194 e. The zero-order chi connectivity index (χ0) is 15.6. The molecule has 0 atom stereocenters. The summed E-state index contributed by atoms with van der Waals surface area (Å²) in [6.07, 6.45) is 4.12. The largest absolute Gasteiger partial charge is 0.213 e. The van der Waals surface area contributed by atoms with Gasteiger partial charge in [-0.15, -0.1) is 0 Å². The first-order valence-electron chi connectivity index (χ1n) is 8.73. The lowest BCUT2D eigenvalue weighted by Crippen LogP contribution is -2.35. The van der Waals surface area contributed by atoms with Crippen molar-refractivity contribution in [1.29, 1.82) is 0 Å². The van der Waals surface area contributed by atoms with Gasteiger partial charge in [-0.25, -0.2) is 0 Å². The van der Waals surface area contributed by atoms with Gasteiger partial charge in [0.05, 0.1) is 5.39 Å². The minimum Gasteiger partial charge on any atom is -0.194 e. The molecule has 2 bridgehead atoms. The van der Waals surface area contributed by atoms with Crippen molar-refractivity contribution in [2.75, 3.05) is 0 Å². The van der Waals surface area contributed by atoms with Crippen LogP contribution in [0.5, 0.6) is 0 Å². The van der Waals surface area contributed by atoms with Crippen LogP contribution in [0, 0.1) is 12.8 Å². The lowest BCUT2D eigenvalue weighted by atomic mass is 9.62. The molecule has 0 aliphatic heterocycles. The molecule has 3 aliphatic rings. The highest BCUT2D eigenvalue weighted by atomic mass is 14.9. The number of aromatic nitrogens is 1. The van der Waals surface area contributed by atoms with Gasteiger partial charge in [0.25, 0.3) is 0 Å². The summed E-state index contributed by atoms with van der Waals surface area (Å²) in [5.74, 6) is 1.78. The van der Waals surface area contributed by atoms with Crippen LogP contribution in [-0.4, -0.2) is 0 Å². The van der Waals surface area contributed by atoms with Gasteiger partial charge in [0.1, 0.15) is 7.05 Å². The number of hydrogen-bond donors (Lipinski definition) is 0. The zero-order valence-electron chi connectivity index (χ0n) is 13.8. The molecule has 3 aliphatic carbocycles. The van der Waals surface area contributed by atoms with Crippen LogP contribution in [-0.2, 0) is 13.5 Å². The summed E-state index contributed by atoms with van der Waals surface area (Å²) in [5, 5.41) is 1.48. The fourth-order valence-electron chi connectivity index (χ4n) is 4.78. The predicted octanol–water partition coefficient (Wildman–Crippen LogP) is 4.69. The Morgan fingerprint density at radius 1 is 0.957 bits per heavy atom. The third kappa shape index (κ3) is 1.83. The van der Waals surface area contributed by atoms with E-state index in [2.05, 4.69) is 67.1 Å². The van der Waals surface area contributed by atoms with Crippen LogP contribution < -0.4 is 4.57 Å². The summed E-state index contributed by atoms with van der Waals surface area (Å²) in [6.45, 7) is 2.20. The maximum Gasteiger partial charge on any atom is 0.213 e. The molecule has 1 aromatic heterocycles. The highest BCUT2D eigenvalue weighted by Crippen LogP contribution is 2.51. The minimum absolute atomic E-state index is 0.816. The second-order valence-corrected chi connectivity index (χ2v) is 7.40. The topological polar surface area (TPSA) is 3.88 Å². The van der Waals surface area contributed by atoms with E-state index in [9.17, 15) is 0 Å². The van der Waals surface area contributed by atoms with Crippen LogP contribution in [0.15, 0.2) is 48.5 Å². The lowest BCUT2D eigenvalue weighted by Gasteiger charge is -2.42. The monoisotopic (exact) mass is 300 g/mol. The Balaban J connectivity index is 1.77. The van der Waals surface area contributed by atoms with Crippen molar-refractivity contribution in [2.24, 2.45) is 13.0 Å². The maximum atomic E-state index is 2.39. The Bertz CT molecular complexity index is 932. The zero-order valence-corrected chi connectivity index (χ0v) is 13.8. The third-order valence-corrected chi connectivity index (χ3v) is 6.06. The van der Waals surface area contributed by atoms with Crippen LogP contribution in [0.3, 0.4) is 0 Å². The molecule has 1 nitrogen and oxygen atoms in total. The number of pyridine rings is 1. The second kappa shape index (κ2) is 4.67. The average Bonchev–Trinajstić information content (AvgIpc) is 2.54. The van der Waals surface area contributed by atoms with Gasteiger partial charge in [-0.05, 0) is 66.8 Å².